The van der Waals surface area contributed by atoms with Gasteiger partial charge in [-0.1, -0.05) is 18.2 Å². The molecule has 1 aliphatic rings. The van der Waals surface area contributed by atoms with Crippen molar-refractivity contribution in [3.8, 4) is 10.6 Å². The minimum Gasteiger partial charge on any atom is -0.369 e. The second-order valence-electron chi connectivity index (χ2n) is 9.19. The first-order valence-electron chi connectivity index (χ1n) is 12.4. The van der Waals surface area contributed by atoms with Crippen LogP contribution in [-0.2, 0) is 6.18 Å². The lowest BCUT2D eigenvalue weighted by atomic mass is 9.96. The summed E-state index contributed by atoms with van der Waals surface area (Å²) in [6.07, 6.45) is -0.136. The molecule has 1 atom stereocenters. The van der Waals surface area contributed by atoms with E-state index in [1.165, 1.54) is 35.9 Å². The van der Waals surface area contributed by atoms with Crippen LogP contribution in [0, 0.1) is 5.92 Å². The molecule has 0 unspecified atom stereocenters. The van der Waals surface area contributed by atoms with E-state index in [1.54, 1.807) is 46.7 Å². The molecule has 2 aromatic carbocycles. The molecule has 5 rings (SSSR count). The fourth-order valence-corrected chi connectivity index (χ4v) is 5.45. The molecule has 0 aliphatic carbocycles. The van der Waals surface area contributed by atoms with Crippen LogP contribution in [0.3, 0.4) is 0 Å². The molecule has 3 heterocycles. The van der Waals surface area contributed by atoms with Crippen LogP contribution in [0.1, 0.15) is 28.9 Å². The summed E-state index contributed by atoms with van der Waals surface area (Å²) >= 11 is 1.23. The number of nitrogens with zero attached hydrogens (tertiary/aromatic N) is 4. The van der Waals surface area contributed by atoms with Gasteiger partial charge in [-0.2, -0.15) is 23.4 Å². The van der Waals surface area contributed by atoms with E-state index < -0.39 is 17.6 Å². The summed E-state index contributed by atoms with van der Waals surface area (Å²) in [5.41, 5.74) is 6.23. The highest BCUT2D eigenvalue weighted by Gasteiger charge is 2.40. The van der Waals surface area contributed by atoms with Gasteiger partial charge in [0.25, 0.3) is 5.91 Å². The van der Waals surface area contributed by atoms with Gasteiger partial charge in [0.15, 0.2) is 0 Å². The van der Waals surface area contributed by atoms with Gasteiger partial charge in [0, 0.05) is 29.7 Å². The summed E-state index contributed by atoms with van der Waals surface area (Å²) in [7, 11) is 0. The summed E-state index contributed by atoms with van der Waals surface area (Å²) < 4.78 is 44.3. The lowest BCUT2D eigenvalue weighted by Crippen LogP contribution is -2.40. The largest absolute Gasteiger partial charge is 0.420 e. The number of nitrogens with two attached hydrogens (primary N) is 1. The number of amides is 1. The highest BCUT2D eigenvalue weighted by molar-refractivity contribution is 7.13. The van der Waals surface area contributed by atoms with Crippen LogP contribution in [-0.4, -0.2) is 40.7 Å². The number of benzene rings is 2. The second kappa shape index (κ2) is 11.4. The maximum Gasteiger partial charge on any atom is 0.420 e. The Morgan fingerprint density at radius 1 is 1.10 bits per heavy atom. The van der Waals surface area contributed by atoms with Gasteiger partial charge in [0.2, 0.25) is 0 Å². The summed E-state index contributed by atoms with van der Waals surface area (Å²) in [5.74, 6) is -0.561. The Bertz CT molecular complexity index is 1430. The number of para-hydroxylation sites is 1. The molecule has 0 bridgehead atoms. The third-order valence-electron chi connectivity index (χ3n) is 6.50. The number of thiazole rings is 1. The second-order valence-corrected chi connectivity index (χ2v) is 10.0. The molecular formula is C27H26F3N7OS. The number of aromatic nitrogens is 3. The molecule has 12 heteroatoms. The van der Waals surface area contributed by atoms with Crippen LogP contribution < -0.4 is 21.3 Å². The standard InChI is InChI=1S/C27H26F3N7OS/c28-27(29,30)23-20(34-19-6-2-1-3-7-19)8-9-21(24(23)37-12-4-5-17(13-31)15-37)35-25(38)22-16-39-26(36-22)18-10-11-32-33-14-18/h1-3,6-11,14,16-17,34H,4-5,12-13,15,31H2,(H,35,38)/t17-/m0/s1. The van der Waals surface area contributed by atoms with Crippen molar-refractivity contribution in [2.45, 2.75) is 19.0 Å². The van der Waals surface area contributed by atoms with Gasteiger partial charge >= 0.3 is 6.18 Å². The lowest BCUT2D eigenvalue weighted by molar-refractivity contribution is -0.136. The Labute approximate surface area is 227 Å². The van der Waals surface area contributed by atoms with Crippen molar-refractivity contribution in [3.63, 3.8) is 0 Å². The van der Waals surface area contributed by atoms with Crippen LogP contribution in [0.15, 0.2) is 66.3 Å². The Morgan fingerprint density at radius 2 is 1.90 bits per heavy atom. The first-order valence-corrected chi connectivity index (χ1v) is 13.3. The Balaban J connectivity index is 1.55. The summed E-state index contributed by atoms with van der Waals surface area (Å²) in [4.78, 5) is 19.3. The van der Waals surface area contributed by atoms with Crippen molar-refractivity contribution in [3.05, 3.63) is 77.6 Å². The minimum absolute atomic E-state index is 0.0456. The minimum atomic E-state index is -4.70. The van der Waals surface area contributed by atoms with Gasteiger partial charge in [0.1, 0.15) is 16.3 Å². The zero-order chi connectivity index (χ0) is 27.4. The first kappa shape index (κ1) is 26.6. The Kier molecular flexibility index (Phi) is 7.75. The fraction of sp³-hybridized carbons (Fsp3) is 0.259. The molecule has 39 heavy (non-hydrogen) atoms. The third-order valence-corrected chi connectivity index (χ3v) is 7.39. The van der Waals surface area contributed by atoms with Gasteiger partial charge in [-0.15, -0.1) is 11.3 Å². The monoisotopic (exact) mass is 553 g/mol. The van der Waals surface area contributed by atoms with E-state index in [0.717, 1.165) is 6.42 Å². The highest BCUT2D eigenvalue weighted by Crippen LogP contribution is 2.47. The van der Waals surface area contributed by atoms with Crippen molar-refractivity contribution in [1.29, 1.82) is 0 Å². The maximum absolute atomic E-state index is 14.8. The van der Waals surface area contributed by atoms with Gasteiger partial charge < -0.3 is 21.3 Å². The fourth-order valence-electron chi connectivity index (χ4n) is 4.66. The topological polar surface area (TPSA) is 109 Å². The average molecular weight is 554 g/mol. The van der Waals surface area contributed by atoms with Crippen LogP contribution in [0.5, 0.6) is 0 Å². The number of hydrogen-bond donors (Lipinski definition) is 3. The molecule has 0 spiro atoms. The number of alkyl halides is 3. The smallest absolute Gasteiger partial charge is 0.369 e. The van der Waals surface area contributed by atoms with E-state index in [0.29, 0.717) is 42.3 Å². The molecule has 8 nitrogen and oxygen atoms in total. The number of hydrogen-bond acceptors (Lipinski definition) is 8. The van der Waals surface area contributed by atoms with Crippen LogP contribution >= 0.6 is 11.3 Å². The van der Waals surface area contributed by atoms with E-state index in [1.807, 2.05) is 0 Å². The van der Waals surface area contributed by atoms with Gasteiger partial charge in [-0.05, 0) is 55.6 Å². The Morgan fingerprint density at radius 3 is 2.62 bits per heavy atom. The predicted octanol–water partition coefficient (Wildman–Crippen LogP) is 5.79. The molecule has 1 saturated heterocycles. The number of carbonyl (C=O) groups is 1. The predicted molar refractivity (Wildman–Crippen MR) is 146 cm³/mol. The SMILES string of the molecule is NC[C@@H]1CCCN(c2c(NC(=O)c3csc(-c4ccnnc4)n3)ccc(Nc3ccccc3)c2C(F)(F)F)C1. The van der Waals surface area contributed by atoms with Gasteiger partial charge in [-0.3, -0.25) is 4.79 Å². The van der Waals surface area contributed by atoms with Crippen LogP contribution in [0.4, 0.5) is 35.9 Å². The van der Waals surface area contributed by atoms with Crippen molar-refractivity contribution in [2.75, 3.05) is 35.2 Å². The molecule has 1 fully saturated rings. The van der Waals surface area contributed by atoms with Crippen molar-refractivity contribution in [2.24, 2.45) is 11.7 Å². The molecule has 202 valence electrons. The quantitative estimate of drug-likeness (QED) is 0.266. The van der Waals surface area contributed by atoms with Crippen molar-refractivity contribution < 1.29 is 18.0 Å². The molecular weight excluding hydrogens is 527 g/mol. The number of rotatable bonds is 7. The first-order chi connectivity index (χ1) is 18.8. The van der Waals surface area contributed by atoms with Crippen LogP contribution in [0.2, 0.25) is 0 Å². The summed E-state index contributed by atoms with van der Waals surface area (Å²) in [6, 6.07) is 13.2. The highest BCUT2D eigenvalue weighted by atomic mass is 32.1. The molecule has 2 aromatic heterocycles. The normalized spacial score (nSPS) is 15.7. The number of halogens is 3. The van der Waals surface area contributed by atoms with Crippen LogP contribution in [0.25, 0.3) is 10.6 Å². The van der Waals surface area contributed by atoms with Gasteiger partial charge in [0.05, 0.1) is 29.5 Å². The van der Waals surface area contributed by atoms with E-state index >= 15 is 0 Å². The number of anilines is 4. The Hall–Kier alpha value is -4.03. The van der Waals surface area contributed by atoms with Crippen molar-refractivity contribution in [1.82, 2.24) is 15.2 Å². The molecule has 4 aromatic rings. The molecule has 0 saturated carbocycles. The maximum atomic E-state index is 14.8. The number of piperidine rings is 1. The molecule has 4 N–H and O–H groups in total. The molecule has 0 radical (unpaired) electrons. The zero-order valence-corrected chi connectivity index (χ0v) is 21.6. The van der Waals surface area contributed by atoms with Crippen molar-refractivity contribution >= 4 is 40.0 Å². The zero-order valence-electron chi connectivity index (χ0n) is 20.8. The summed E-state index contributed by atoms with van der Waals surface area (Å²) in [5, 5.41) is 15.3. The molecule has 1 aliphatic heterocycles. The van der Waals surface area contributed by atoms with Gasteiger partial charge in [-0.25, -0.2) is 4.98 Å². The third kappa shape index (κ3) is 6.02. The lowest BCUT2D eigenvalue weighted by Gasteiger charge is -2.37. The average Bonchev–Trinajstić information content (AvgIpc) is 3.45. The van der Waals surface area contributed by atoms with E-state index in [2.05, 4.69) is 25.8 Å². The van der Waals surface area contributed by atoms with E-state index in [9.17, 15) is 18.0 Å². The molecule has 1 amide bonds. The summed E-state index contributed by atoms with van der Waals surface area (Å²) in [6.45, 7) is 1.13. The number of carbonyl (C=O) groups excluding carboxylic acids is 1. The van der Waals surface area contributed by atoms with E-state index in [-0.39, 0.29) is 28.7 Å². The van der Waals surface area contributed by atoms with E-state index in [4.69, 9.17) is 5.73 Å². The number of nitrogens with one attached hydrogen (secondary N) is 2.